The molecule has 0 atom stereocenters. The van der Waals surface area contributed by atoms with Crippen molar-refractivity contribution in [3.63, 3.8) is 0 Å². The first-order valence-corrected chi connectivity index (χ1v) is 10.6. The van der Waals surface area contributed by atoms with Gasteiger partial charge in [0.15, 0.2) is 0 Å². The van der Waals surface area contributed by atoms with Gasteiger partial charge in [0.25, 0.3) is 5.91 Å². The van der Waals surface area contributed by atoms with Crippen molar-refractivity contribution in [3.8, 4) is 11.8 Å². The Hall–Kier alpha value is -3.36. The van der Waals surface area contributed by atoms with Gasteiger partial charge in [0.1, 0.15) is 24.0 Å². The Morgan fingerprint density at radius 1 is 1.06 bits per heavy atom. The number of benzene rings is 3. The van der Waals surface area contributed by atoms with E-state index in [2.05, 4.69) is 27.3 Å². The normalized spacial score (nSPS) is 11.0. The first-order chi connectivity index (χ1) is 14.9. The molecule has 3 aromatic rings. The molecule has 3 aromatic carbocycles. The summed E-state index contributed by atoms with van der Waals surface area (Å²) in [6.07, 6.45) is 1.56. The lowest BCUT2D eigenvalue weighted by atomic mass is 10.1. The van der Waals surface area contributed by atoms with Crippen molar-refractivity contribution in [2.75, 3.05) is 5.32 Å². The third kappa shape index (κ3) is 6.07. The molecule has 0 saturated carbocycles. The Labute approximate surface area is 191 Å². The lowest BCUT2D eigenvalue weighted by molar-refractivity contribution is -0.112. The number of nitrogens with zero attached hydrogens (tertiary/aromatic N) is 1. The second kappa shape index (κ2) is 10.1. The molecule has 0 spiro atoms. The van der Waals surface area contributed by atoms with E-state index in [-0.39, 0.29) is 5.57 Å². The molecule has 0 fully saturated rings. The van der Waals surface area contributed by atoms with Crippen LogP contribution in [0.4, 0.5) is 5.69 Å². The monoisotopic (exact) mass is 474 g/mol. The molecule has 0 heterocycles. The molecule has 0 aromatic heterocycles. The van der Waals surface area contributed by atoms with Crippen LogP contribution in [-0.4, -0.2) is 5.91 Å². The largest absolute Gasteiger partial charge is 0.488 e. The molecule has 0 unspecified atom stereocenters. The summed E-state index contributed by atoms with van der Waals surface area (Å²) >= 11 is 3.52. The lowest BCUT2D eigenvalue weighted by Crippen LogP contribution is -2.14. The zero-order chi connectivity index (χ0) is 22.4. The van der Waals surface area contributed by atoms with Gasteiger partial charge in [-0.05, 0) is 77.7 Å². The third-order valence-electron chi connectivity index (χ3n) is 4.74. The van der Waals surface area contributed by atoms with Gasteiger partial charge in [0, 0.05) is 5.69 Å². The molecule has 0 saturated heterocycles. The van der Waals surface area contributed by atoms with Crippen LogP contribution in [-0.2, 0) is 11.4 Å². The highest BCUT2D eigenvalue weighted by molar-refractivity contribution is 9.10. The van der Waals surface area contributed by atoms with Crippen LogP contribution < -0.4 is 10.1 Å². The van der Waals surface area contributed by atoms with Crippen LogP contribution in [0.3, 0.4) is 0 Å². The molecule has 5 heteroatoms. The molecule has 156 valence electrons. The molecule has 0 aliphatic heterocycles. The number of anilines is 1. The molecule has 31 heavy (non-hydrogen) atoms. The standard InChI is InChI=1S/C26H23BrN2O2/c1-17-5-4-6-21(12-17)16-31-25-10-8-20(14-23(25)27)13-22(15-28)26(30)29-24-9-7-18(2)11-19(24)3/h4-14H,16H2,1-3H3,(H,29,30)/b22-13+. The van der Waals surface area contributed by atoms with Gasteiger partial charge in [-0.15, -0.1) is 0 Å². The highest BCUT2D eigenvalue weighted by Crippen LogP contribution is 2.28. The van der Waals surface area contributed by atoms with E-state index in [1.807, 2.05) is 81.4 Å². The summed E-state index contributed by atoms with van der Waals surface area (Å²) in [7, 11) is 0. The second-order valence-corrected chi connectivity index (χ2v) is 8.26. The van der Waals surface area contributed by atoms with Crippen molar-refractivity contribution in [2.45, 2.75) is 27.4 Å². The molecule has 0 aliphatic carbocycles. The van der Waals surface area contributed by atoms with E-state index >= 15 is 0 Å². The van der Waals surface area contributed by atoms with Crippen molar-refractivity contribution in [3.05, 3.63) is 98.5 Å². The smallest absolute Gasteiger partial charge is 0.266 e. The number of nitrogens with one attached hydrogen (secondary N) is 1. The van der Waals surface area contributed by atoms with Crippen molar-refractivity contribution < 1.29 is 9.53 Å². The van der Waals surface area contributed by atoms with Gasteiger partial charge in [-0.3, -0.25) is 4.79 Å². The van der Waals surface area contributed by atoms with E-state index in [0.717, 1.165) is 26.7 Å². The van der Waals surface area contributed by atoms with Crippen molar-refractivity contribution >= 4 is 33.6 Å². The number of carbonyl (C=O) groups excluding carboxylic acids is 1. The maximum absolute atomic E-state index is 12.6. The number of hydrogen-bond acceptors (Lipinski definition) is 3. The maximum Gasteiger partial charge on any atom is 0.266 e. The Morgan fingerprint density at radius 2 is 1.84 bits per heavy atom. The van der Waals surface area contributed by atoms with E-state index < -0.39 is 5.91 Å². The van der Waals surface area contributed by atoms with E-state index in [1.165, 1.54) is 5.56 Å². The molecular weight excluding hydrogens is 452 g/mol. The number of amides is 1. The number of nitriles is 1. The first-order valence-electron chi connectivity index (χ1n) is 9.84. The van der Waals surface area contributed by atoms with Gasteiger partial charge in [-0.25, -0.2) is 0 Å². The highest BCUT2D eigenvalue weighted by atomic mass is 79.9. The summed E-state index contributed by atoms with van der Waals surface area (Å²) in [5.74, 6) is 0.252. The summed E-state index contributed by atoms with van der Waals surface area (Å²) < 4.78 is 6.65. The summed E-state index contributed by atoms with van der Waals surface area (Å²) in [4.78, 5) is 12.6. The van der Waals surface area contributed by atoms with Gasteiger partial charge >= 0.3 is 0 Å². The van der Waals surface area contributed by atoms with Crippen LogP contribution in [0.5, 0.6) is 5.75 Å². The average molecular weight is 475 g/mol. The van der Waals surface area contributed by atoms with Crippen LogP contribution in [0.25, 0.3) is 6.08 Å². The fourth-order valence-corrected chi connectivity index (χ4v) is 3.66. The summed E-state index contributed by atoms with van der Waals surface area (Å²) in [5, 5.41) is 12.3. The average Bonchev–Trinajstić information content (AvgIpc) is 2.73. The molecule has 1 amide bonds. The lowest BCUT2D eigenvalue weighted by Gasteiger charge is -2.10. The molecule has 1 N–H and O–H groups in total. The minimum atomic E-state index is -0.439. The fraction of sp³-hybridized carbons (Fsp3) is 0.154. The maximum atomic E-state index is 12.6. The number of ether oxygens (including phenoxy) is 1. The quantitative estimate of drug-likeness (QED) is 0.327. The van der Waals surface area contributed by atoms with Gasteiger partial charge in [-0.1, -0.05) is 53.6 Å². The van der Waals surface area contributed by atoms with E-state index in [0.29, 0.717) is 18.0 Å². The molecule has 0 aliphatic rings. The highest BCUT2D eigenvalue weighted by Gasteiger charge is 2.12. The van der Waals surface area contributed by atoms with Crippen molar-refractivity contribution in [1.29, 1.82) is 5.26 Å². The predicted octanol–water partition coefficient (Wildman–Crippen LogP) is 6.50. The van der Waals surface area contributed by atoms with Crippen LogP contribution in [0, 0.1) is 32.1 Å². The van der Waals surface area contributed by atoms with Crippen LogP contribution >= 0.6 is 15.9 Å². The number of rotatable bonds is 6. The van der Waals surface area contributed by atoms with Crippen LogP contribution in [0.1, 0.15) is 27.8 Å². The number of aryl methyl sites for hydroxylation is 3. The minimum absolute atomic E-state index is 0.0281. The van der Waals surface area contributed by atoms with Crippen molar-refractivity contribution in [2.24, 2.45) is 0 Å². The summed E-state index contributed by atoms with van der Waals surface area (Å²) in [6, 6.07) is 21.4. The molecular formula is C26H23BrN2O2. The van der Waals surface area contributed by atoms with Crippen LogP contribution in [0.2, 0.25) is 0 Å². The Balaban J connectivity index is 1.72. The summed E-state index contributed by atoms with van der Waals surface area (Å²) in [6.45, 7) is 6.41. The number of carbonyl (C=O) groups is 1. The SMILES string of the molecule is Cc1cccc(COc2ccc(/C=C(\C#N)C(=O)Nc3ccc(C)cc3C)cc2Br)c1. The number of halogens is 1. The minimum Gasteiger partial charge on any atom is -0.488 e. The third-order valence-corrected chi connectivity index (χ3v) is 5.36. The van der Waals surface area contributed by atoms with Gasteiger partial charge in [0.2, 0.25) is 0 Å². The topological polar surface area (TPSA) is 62.1 Å². The van der Waals surface area contributed by atoms with Gasteiger partial charge in [-0.2, -0.15) is 5.26 Å². The van der Waals surface area contributed by atoms with Gasteiger partial charge < -0.3 is 10.1 Å². The van der Waals surface area contributed by atoms with E-state index in [4.69, 9.17) is 4.74 Å². The predicted molar refractivity (Wildman–Crippen MR) is 128 cm³/mol. The number of hydrogen-bond donors (Lipinski definition) is 1. The fourth-order valence-electron chi connectivity index (χ4n) is 3.15. The zero-order valence-corrected chi connectivity index (χ0v) is 19.3. The summed E-state index contributed by atoms with van der Waals surface area (Å²) in [5.41, 5.74) is 5.78. The van der Waals surface area contributed by atoms with Crippen LogP contribution in [0.15, 0.2) is 70.7 Å². The molecule has 0 bridgehead atoms. The van der Waals surface area contributed by atoms with Gasteiger partial charge in [0.05, 0.1) is 4.47 Å². The molecule has 3 rings (SSSR count). The first kappa shape index (κ1) is 22.3. The Bertz CT molecular complexity index is 1190. The Morgan fingerprint density at radius 3 is 2.52 bits per heavy atom. The molecule has 4 nitrogen and oxygen atoms in total. The Kier molecular flexibility index (Phi) is 7.28. The van der Waals surface area contributed by atoms with E-state index in [1.54, 1.807) is 6.08 Å². The second-order valence-electron chi connectivity index (χ2n) is 7.41. The zero-order valence-electron chi connectivity index (χ0n) is 17.7. The van der Waals surface area contributed by atoms with Crippen molar-refractivity contribution in [1.82, 2.24) is 0 Å². The van der Waals surface area contributed by atoms with E-state index in [9.17, 15) is 10.1 Å². The molecule has 0 radical (unpaired) electrons.